The molecule has 1 atom stereocenters. The van der Waals surface area contributed by atoms with Crippen molar-refractivity contribution in [1.82, 2.24) is 15.1 Å². The van der Waals surface area contributed by atoms with E-state index in [0.29, 0.717) is 29.7 Å². The van der Waals surface area contributed by atoms with Gasteiger partial charge in [0.2, 0.25) is 0 Å². The van der Waals surface area contributed by atoms with Crippen molar-refractivity contribution in [1.29, 1.82) is 0 Å². The first-order chi connectivity index (χ1) is 9.38. The van der Waals surface area contributed by atoms with Crippen molar-refractivity contribution in [2.75, 3.05) is 25.5 Å². The molecule has 0 aromatic carbocycles. The Morgan fingerprint density at radius 3 is 2.60 bits per heavy atom. The largest absolute Gasteiger partial charge is 0.478 e. The quantitative estimate of drug-likeness (QED) is 0.794. The van der Waals surface area contributed by atoms with Gasteiger partial charge < -0.3 is 15.3 Å². The molecule has 0 aliphatic heterocycles. The van der Waals surface area contributed by atoms with Crippen molar-refractivity contribution in [3.8, 4) is 0 Å². The maximum Gasteiger partial charge on any atom is 0.339 e. The van der Waals surface area contributed by atoms with E-state index in [-0.39, 0.29) is 5.56 Å². The molecule has 0 aliphatic rings. The minimum absolute atomic E-state index is 0.212. The van der Waals surface area contributed by atoms with Crippen LogP contribution in [0.1, 0.15) is 41.9 Å². The first-order valence-corrected chi connectivity index (χ1v) is 6.89. The molecule has 0 fully saturated rings. The molecule has 0 radical (unpaired) electrons. The summed E-state index contributed by atoms with van der Waals surface area (Å²) in [5.41, 5.74) is 1.51. The van der Waals surface area contributed by atoms with Gasteiger partial charge in [-0.15, -0.1) is 5.10 Å². The zero-order chi connectivity index (χ0) is 15.3. The van der Waals surface area contributed by atoms with Gasteiger partial charge in [0.1, 0.15) is 5.56 Å². The SMILES string of the molecule is CCC(C)N(C)CCNc1nnc(C)c(C)c1C(=O)O. The number of likely N-dealkylation sites (N-methyl/N-ethyl adjacent to an activating group) is 1. The number of anilines is 1. The first-order valence-electron chi connectivity index (χ1n) is 6.89. The van der Waals surface area contributed by atoms with Crippen LogP contribution in [0.3, 0.4) is 0 Å². The van der Waals surface area contributed by atoms with Crippen molar-refractivity contribution >= 4 is 11.8 Å². The monoisotopic (exact) mass is 280 g/mol. The first kappa shape index (κ1) is 16.4. The van der Waals surface area contributed by atoms with Gasteiger partial charge in [0.25, 0.3) is 0 Å². The third-order valence-electron chi connectivity index (χ3n) is 3.77. The van der Waals surface area contributed by atoms with Gasteiger partial charge in [0.15, 0.2) is 5.82 Å². The second kappa shape index (κ2) is 7.19. The highest BCUT2D eigenvalue weighted by Gasteiger charge is 2.17. The van der Waals surface area contributed by atoms with Gasteiger partial charge in [0, 0.05) is 19.1 Å². The van der Waals surface area contributed by atoms with Crippen LogP contribution < -0.4 is 5.32 Å². The normalized spacial score (nSPS) is 12.5. The molecule has 1 unspecified atom stereocenters. The van der Waals surface area contributed by atoms with Crippen LogP contribution in [0.4, 0.5) is 5.82 Å². The molecule has 20 heavy (non-hydrogen) atoms. The number of carboxylic acids is 1. The van der Waals surface area contributed by atoms with Gasteiger partial charge in [-0.1, -0.05) is 6.92 Å². The molecule has 0 aliphatic carbocycles. The predicted molar refractivity (Wildman–Crippen MR) is 79.3 cm³/mol. The summed E-state index contributed by atoms with van der Waals surface area (Å²) in [6, 6.07) is 0.501. The number of carboxylic acid groups (broad SMARTS) is 1. The third-order valence-corrected chi connectivity index (χ3v) is 3.77. The van der Waals surface area contributed by atoms with Crippen molar-refractivity contribution in [2.24, 2.45) is 0 Å². The number of nitrogens with zero attached hydrogens (tertiary/aromatic N) is 3. The highest BCUT2D eigenvalue weighted by atomic mass is 16.4. The highest BCUT2D eigenvalue weighted by Crippen LogP contribution is 2.18. The summed E-state index contributed by atoms with van der Waals surface area (Å²) in [5.74, 6) is -0.628. The number of aromatic carboxylic acids is 1. The van der Waals surface area contributed by atoms with Crippen LogP contribution in [0.25, 0.3) is 0 Å². The number of hydrogen-bond donors (Lipinski definition) is 2. The predicted octanol–water partition coefficient (Wildman–Crippen LogP) is 1.93. The van der Waals surface area contributed by atoms with E-state index in [1.165, 1.54) is 0 Å². The molecule has 6 heteroatoms. The molecule has 1 heterocycles. The topological polar surface area (TPSA) is 78.3 Å². The van der Waals surface area contributed by atoms with Crippen LogP contribution in [0, 0.1) is 13.8 Å². The lowest BCUT2D eigenvalue weighted by Gasteiger charge is -2.23. The lowest BCUT2D eigenvalue weighted by Crippen LogP contribution is -2.33. The zero-order valence-electron chi connectivity index (χ0n) is 12.9. The standard InChI is InChI=1S/C14H24N4O2/c1-6-9(2)18(5)8-7-15-13-12(14(19)20)10(3)11(4)16-17-13/h9H,6-8H2,1-5H3,(H,15,17)(H,19,20). The maximum absolute atomic E-state index is 11.3. The fourth-order valence-electron chi connectivity index (χ4n) is 1.88. The lowest BCUT2D eigenvalue weighted by atomic mass is 10.1. The van der Waals surface area contributed by atoms with E-state index in [1.807, 2.05) is 0 Å². The Kier molecular flexibility index (Phi) is 5.88. The van der Waals surface area contributed by atoms with Gasteiger partial charge in [-0.3, -0.25) is 0 Å². The number of carbonyl (C=O) groups is 1. The number of aromatic nitrogens is 2. The Bertz CT molecular complexity index is 476. The molecule has 1 aromatic heterocycles. The van der Waals surface area contributed by atoms with E-state index in [0.717, 1.165) is 13.0 Å². The summed E-state index contributed by atoms with van der Waals surface area (Å²) < 4.78 is 0. The minimum atomic E-state index is -0.974. The second-order valence-corrected chi connectivity index (χ2v) is 5.10. The Balaban J connectivity index is 2.74. The van der Waals surface area contributed by atoms with Crippen molar-refractivity contribution in [3.63, 3.8) is 0 Å². The summed E-state index contributed by atoms with van der Waals surface area (Å²) in [6.45, 7) is 9.28. The molecule has 1 rings (SSSR count). The number of aryl methyl sites for hydroxylation is 1. The minimum Gasteiger partial charge on any atom is -0.478 e. The zero-order valence-corrected chi connectivity index (χ0v) is 12.9. The van der Waals surface area contributed by atoms with Crippen molar-refractivity contribution in [3.05, 3.63) is 16.8 Å². The van der Waals surface area contributed by atoms with E-state index < -0.39 is 5.97 Å². The smallest absolute Gasteiger partial charge is 0.339 e. The summed E-state index contributed by atoms with van der Waals surface area (Å²) >= 11 is 0. The lowest BCUT2D eigenvalue weighted by molar-refractivity contribution is 0.0696. The molecule has 0 saturated heterocycles. The van der Waals surface area contributed by atoms with E-state index in [4.69, 9.17) is 0 Å². The molecular weight excluding hydrogens is 256 g/mol. The molecular formula is C14H24N4O2. The summed E-state index contributed by atoms with van der Waals surface area (Å²) in [4.78, 5) is 13.6. The summed E-state index contributed by atoms with van der Waals surface area (Å²) in [7, 11) is 2.06. The van der Waals surface area contributed by atoms with Gasteiger partial charge in [-0.25, -0.2) is 4.79 Å². The molecule has 112 valence electrons. The third kappa shape index (κ3) is 3.90. The average Bonchev–Trinajstić information content (AvgIpc) is 2.41. The van der Waals surface area contributed by atoms with Crippen molar-refractivity contribution in [2.45, 2.75) is 40.2 Å². The Morgan fingerprint density at radius 2 is 2.05 bits per heavy atom. The number of rotatable bonds is 7. The van der Waals surface area contributed by atoms with E-state index in [1.54, 1.807) is 13.8 Å². The second-order valence-electron chi connectivity index (χ2n) is 5.10. The van der Waals surface area contributed by atoms with Gasteiger partial charge >= 0.3 is 5.97 Å². The highest BCUT2D eigenvalue weighted by molar-refractivity contribution is 5.94. The van der Waals surface area contributed by atoms with Crippen LogP contribution in [-0.2, 0) is 0 Å². The van der Waals surface area contributed by atoms with E-state index in [2.05, 4.69) is 41.3 Å². The maximum atomic E-state index is 11.3. The van der Waals surface area contributed by atoms with Crippen LogP contribution in [-0.4, -0.2) is 52.4 Å². The van der Waals surface area contributed by atoms with Crippen molar-refractivity contribution < 1.29 is 9.90 Å². The molecule has 0 amide bonds. The van der Waals surface area contributed by atoms with E-state index in [9.17, 15) is 9.90 Å². The molecule has 0 saturated carbocycles. The molecule has 0 bridgehead atoms. The average molecular weight is 280 g/mol. The van der Waals surface area contributed by atoms with Gasteiger partial charge in [-0.2, -0.15) is 5.10 Å². The molecule has 6 nitrogen and oxygen atoms in total. The van der Waals surface area contributed by atoms with Gasteiger partial charge in [0.05, 0.1) is 5.69 Å². The molecule has 1 aromatic rings. The summed E-state index contributed by atoms with van der Waals surface area (Å²) in [5, 5.41) is 20.3. The Morgan fingerprint density at radius 1 is 1.40 bits per heavy atom. The van der Waals surface area contributed by atoms with Crippen LogP contribution >= 0.6 is 0 Å². The van der Waals surface area contributed by atoms with E-state index >= 15 is 0 Å². The fraction of sp³-hybridized carbons (Fsp3) is 0.643. The van der Waals surface area contributed by atoms with Crippen LogP contribution in [0.2, 0.25) is 0 Å². The summed E-state index contributed by atoms with van der Waals surface area (Å²) in [6.07, 6.45) is 1.08. The number of nitrogens with one attached hydrogen (secondary N) is 1. The van der Waals surface area contributed by atoms with Crippen LogP contribution in [0.5, 0.6) is 0 Å². The molecule has 2 N–H and O–H groups in total. The number of hydrogen-bond acceptors (Lipinski definition) is 5. The molecule has 0 spiro atoms. The van der Waals surface area contributed by atoms with Crippen LogP contribution in [0.15, 0.2) is 0 Å². The van der Waals surface area contributed by atoms with Gasteiger partial charge in [-0.05, 0) is 39.8 Å². The Hall–Kier alpha value is -1.69. The fourth-order valence-corrected chi connectivity index (χ4v) is 1.88. The Labute approximate surface area is 120 Å².